The van der Waals surface area contributed by atoms with E-state index in [9.17, 15) is 0 Å². The first kappa shape index (κ1) is 15.9. The van der Waals surface area contributed by atoms with Gasteiger partial charge in [0.1, 0.15) is 12.4 Å². The molecule has 5 nitrogen and oxygen atoms in total. The second-order valence-corrected chi connectivity index (χ2v) is 5.98. The van der Waals surface area contributed by atoms with Gasteiger partial charge in [-0.1, -0.05) is 12.1 Å². The SMILES string of the molecule is Cc1cccc(OCCN2CCN(Cc3cnccn3)CC2)c1. The molecular weight excluding hydrogens is 288 g/mol. The van der Waals surface area contributed by atoms with Crippen molar-refractivity contribution in [1.29, 1.82) is 0 Å². The van der Waals surface area contributed by atoms with E-state index < -0.39 is 0 Å². The van der Waals surface area contributed by atoms with Crippen LogP contribution in [0.2, 0.25) is 0 Å². The van der Waals surface area contributed by atoms with Crippen LogP contribution in [0.4, 0.5) is 0 Å². The van der Waals surface area contributed by atoms with E-state index in [4.69, 9.17) is 4.74 Å². The lowest BCUT2D eigenvalue weighted by Crippen LogP contribution is -2.47. The van der Waals surface area contributed by atoms with Gasteiger partial charge in [-0.2, -0.15) is 0 Å². The summed E-state index contributed by atoms with van der Waals surface area (Å²) in [6, 6.07) is 8.23. The molecule has 0 N–H and O–H groups in total. The maximum Gasteiger partial charge on any atom is 0.119 e. The molecule has 0 unspecified atom stereocenters. The number of aryl methyl sites for hydroxylation is 1. The number of aromatic nitrogens is 2. The normalized spacial score (nSPS) is 16.4. The van der Waals surface area contributed by atoms with Crippen LogP contribution in [0.1, 0.15) is 11.3 Å². The van der Waals surface area contributed by atoms with E-state index in [2.05, 4.69) is 38.8 Å². The Labute approximate surface area is 137 Å². The quantitative estimate of drug-likeness (QED) is 0.816. The number of hydrogen-bond donors (Lipinski definition) is 0. The molecule has 0 spiro atoms. The first-order valence-electron chi connectivity index (χ1n) is 8.19. The standard InChI is InChI=1S/C18H24N4O/c1-16-3-2-4-18(13-16)23-12-11-21-7-9-22(10-8-21)15-17-14-19-5-6-20-17/h2-6,13-14H,7-12,15H2,1H3. The molecule has 5 heteroatoms. The van der Waals surface area contributed by atoms with Gasteiger partial charge in [-0.3, -0.25) is 19.8 Å². The Balaban J connectivity index is 1.36. The monoisotopic (exact) mass is 312 g/mol. The van der Waals surface area contributed by atoms with E-state index in [0.29, 0.717) is 0 Å². The van der Waals surface area contributed by atoms with Gasteiger partial charge in [0.25, 0.3) is 0 Å². The fraction of sp³-hybridized carbons (Fsp3) is 0.444. The Bertz CT molecular complexity index is 597. The zero-order valence-corrected chi connectivity index (χ0v) is 13.7. The Morgan fingerprint density at radius 3 is 2.65 bits per heavy atom. The van der Waals surface area contributed by atoms with E-state index in [1.165, 1.54) is 5.56 Å². The average molecular weight is 312 g/mol. The molecule has 2 heterocycles. The molecule has 23 heavy (non-hydrogen) atoms. The van der Waals surface area contributed by atoms with Gasteiger partial charge in [0.15, 0.2) is 0 Å². The number of piperazine rings is 1. The minimum atomic E-state index is 0.744. The van der Waals surface area contributed by atoms with Gasteiger partial charge in [0.2, 0.25) is 0 Å². The van der Waals surface area contributed by atoms with Gasteiger partial charge in [0.05, 0.1) is 5.69 Å². The summed E-state index contributed by atoms with van der Waals surface area (Å²) in [5.74, 6) is 0.964. The third-order valence-corrected chi connectivity index (χ3v) is 4.13. The number of hydrogen-bond acceptors (Lipinski definition) is 5. The molecule has 0 atom stereocenters. The molecule has 0 amide bonds. The highest BCUT2D eigenvalue weighted by molar-refractivity contribution is 5.27. The first-order valence-corrected chi connectivity index (χ1v) is 8.19. The first-order chi connectivity index (χ1) is 11.3. The van der Waals surface area contributed by atoms with Crippen molar-refractivity contribution in [3.8, 4) is 5.75 Å². The summed E-state index contributed by atoms with van der Waals surface area (Å²) in [4.78, 5) is 13.4. The van der Waals surface area contributed by atoms with Crippen LogP contribution in [-0.2, 0) is 6.54 Å². The van der Waals surface area contributed by atoms with Crippen molar-refractivity contribution in [2.75, 3.05) is 39.3 Å². The highest BCUT2D eigenvalue weighted by atomic mass is 16.5. The van der Waals surface area contributed by atoms with E-state index in [1.54, 1.807) is 12.4 Å². The van der Waals surface area contributed by atoms with Crippen molar-refractivity contribution in [3.05, 3.63) is 54.1 Å². The summed E-state index contributed by atoms with van der Waals surface area (Å²) in [7, 11) is 0. The molecule has 1 aromatic carbocycles. The summed E-state index contributed by atoms with van der Waals surface area (Å²) in [5.41, 5.74) is 2.28. The van der Waals surface area contributed by atoms with E-state index in [1.807, 2.05) is 18.3 Å². The zero-order valence-electron chi connectivity index (χ0n) is 13.7. The summed E-state index contributed by atoms with van der Waals surface area (Å²) in [6.45, 7) is 9.00. The molecule has 0 saturated carbocycles. The van der Waals surface area contributed by atoms with Crippen LogP contribution >= 0.6 is 0 Å². The lowest BCUT2D eigenvalue weighted by Gasteiger charge is -2.34. The van der Waals surface area contributed by atoms with Crippen LogP contribution in [-0.4, -0.2) is 59.1 Å². The molecule has 0 aliphatic carbocycles. The van der Waals surface area contributed by atoms with Crippen LogP contribution in [0.3, 0.4) is 0 Å². The van der Waals surface area contributed by atoms with Gasteiger partial charge >= 0.3 is 0 Å². The maximum absolute atomic E-state index is 5.84. The minimum Gasteiger partial charge on any atom is -0.492 e. The number of nitrogens with zero attached hydrogens (tertiary/aromatic N) is 4. The number of benzene rings is 1. The van der Waals surface area contributed by atoms with Crippen LogP contribution in [0.15, 0.2) is 42.9 Å². The molecule has 1 aliphatic rings. The molecule has 1 aliphatic heterocycles. The predicted octanol–water partition coefficient (Wildman–Crippen LogP) is 1.98. The smallest absolute Gasteiger partial charge is 0.119 e. The van der Waals surface area contributed by atoms with Crippen molar-refractivity contribution >= 4 is 0 Å². The third kappa shape index (κ3) is 5.01. The van der Waals surface area contributed by atoms with Gasteiger partial charge in [0, 0.05) is 57.9 Å². The Kier molecular flexibility index (Phi) is 5.56. The number of rotatable bonds is 6. The highest BCUT2D eigenvalue weighted by Gasteiger charge is 2.17. The largest absolute Gasteiger partial charge is 0.492 e. The molecule has 122 valence electrons. The lowest BCUT2D eigenvalue weighted by molar-refractivity contribution is 0.111. The molecule has 0 radical (unpaired) electrons. The van der Waals surface area contributed by atoms with Gasteiger partial charge in [-0.25, -0.2) is 0 Å². The highest BCUT2D eigenvalue weighted by Crippen LogP contribution is 2.12. The third-order valence-electron chi connectivity index (χ3n) is 4.13. The minimum absolute atomic E-state index is 0.744. The summed E-state index contributed by atoms with van der Waals surface area (Å²) in [5, 5.41) is 0. The molecule has 3 rings (SSSR count). The van der Waals surface area contributed by atoms with E-state index >= 15 is 0 Å². The second-order valence-electron chi connectivity index (χ2n) is 5.98. The molecule has 1 aromatic heterocycles. The van der Waals surface area contributed by atoms with Crippen molar-refractivity contribution in [1.82, 2.24) is 19.8 Å². The molecule has 0 bridgehead atoms. The predicted molar refractivity (Wildman–Crippen MR) is 90.4 cm³/mol. The molecular formula is C18H24N4O. The van der Waals surface area contributed by atoms with Gasteiger partial charge in [-0.05, 0) is 24.6 Å². The average Bonchev–Trinajstić information content (AvgIpc) is 2.58. The molecule has 1 saturated heterocycles. The van der Waals surface area contributed by atoms with Crippen molar-refractivity contribution in [2.24, 2.45) is 0 Å². The van der Waals surface area contributed by atoms with Crippen LogP contribution < -0.4 is 4.74 Å². The van der Waals surface area contributed by atoms with Crippen molar-refractivity contribution in [2.45, 2.75) is 13.5 Å². The van der Waals surface area contributed by atoms with E-state index in [-0.39, 0.29) is 0 Å². The molecule has 1 fully saturated rings. The Morgan fingerprint density at radius 2 is 1.91 bits per heavy atom. The Hall–Kier alpha value is -1.98. The topological polar surface area (TPSA) is 41.5 Å². The van der Waals surface area contributed by atoms with Crippen LogP contribution in [0.25, 0.3) is 0 Å². The van der Waals surface area contributed by atoms with Crippen LogP contribution in [0.5, 0.6) is 5.75 Å². The summed E-state index contributed by atoms with van der Waals surface area (Å²) < 4.78 is 5.84. The van der Waals surface area contributed by atoms with Crippen molar-refractivity contribution < 1.29 is 4.74 Å². The summed E-state index contributed by atoms with van der Waals surface area (Å²) in [6.07, 6.45) is 5.33. The maximum atomic E-state index is 5.84. The fourth-order valence-electron chi connectivity index (χ4n) is 2.81. The molecule has 2 aromatic rings. The van der Waals surface area contributed by atoms with Gasteiger partial charge < -0.3 is 4.74 Å². The van der Waals surface area contributed by atoms with Gasteiger partial charge in [-0.15, -0.1) is 0 Å². The second kappa shape index (κ2) is 8.04. The van der Waals surface area contributed by atoms with Crippen molar-refractivity contribution in [3.63, 3.8) is 0 Å². The fourth-order valence-corrected chi connectivity index (χ4v) is 2.81. The number of ether oxygens (including phenoxy) is 1. The lowest BCUT2D eigenvalue weighted by atomic mass is 10.2. The Morgan fingerprint density at radius 1 is 1.09 bits per heavy atom. The van der Waals surface area contributed by atoms with Crippen LogP contribution in [0, 0.1) is 6.92 Å². The summed E-state index contributed by atoms with van der Waals surface area (Å²) >= 11 is 0. The zero-order chi connectivity index (χ0) is 15.9. The van der Waals surface area contributed by atoms with E-state index in [0.717, 1.165) is 57.3 Å².